The Balaban J connectivity index is 3.31. The van der Waals surface area contributed by atoms with Gasteiger partial charge in [0.05, 0.1) is 11.3 Å². The highest BCUT2D eigenvalue weighted by Crippen LogP contribution is 2.14. The number of aromatic nitrogens is 2. The Morgan fingerprint density at radius 2 is 2.25 bits per heavy atom. The average Bonchev–Trinajstić information content (AvgIpc) is 2.26. The minimum atomic E-state index is -0.627. The van der Waals surface area contributed by atoms with E-state index >= 15 is 0 Å². The lowest BCUT2D eigenvalue weighted by Gasteiger charge is -1.93. The van der Waals surface area contributed by atoms with Crippen LogP contribution in [0.5, 0.6) is 0 Å². The summed E-state index contributed by atoms with van der Waals surface area (Å²) in [6.45, 7) is 1.63. The van der Waals surface area contributed by atoms with Gasteiger partial charge in [0.25, 0.3) is 0 Å². The number of rotatable bonds is 2. The molecule has 0 radical (unpaired) electrons. The van der Waals surface area contributed by atoms with Crippen molar-refractivity contribution in [2.24, 2.45) is 7.05 Å². The standard InChI is InChI=1S/C7H9N3O2/c1-4-6(5(12)3-11)7(8)10(2)9-4/h3H,8H2,1-2H3. The normalized spacial score (nSPS) is 9.83. The molecule has 5 heteroatoms. The third kappa shape index (κ3) is 1.09. The van der Waals surface area contributed by atoms with Crippen LogP contribution >= 0.6 is 0 Å². The third-order valence-corrected chi connectivity index (χ3v) is 1.62. The zero-order chi connectivity index (χ0) is 9.30. The molecular formula is C7H9N3O2. The van der Waals surface area contributed by atoms with Crippen LogP contribution in [0, 0.1) is 6.92 Å². The summed E-state index contributed by atoms with van der Waals surface area (Å²) in [6, 6.07) is 0. The number of aryl methyl sites for hydroxylation is 2. The van der Waals surface area contributed by atoms with E-state index < -0.39 is 5.78 Å². The molecule has 0 aromatic carbocycles. The topological polar surface area (TPSA) is 78.0 Å². The van der Waals surface area contributed by atoms with E-state index in [-0.39, 0.29) is 17.7 Å². The Kier molecular flexibility index (Phi) is 1.95. The molecule has 0 aliphatic rings. The monoisotopic (exact) mass is 167 g/mol. The first-order valence-electron chi connectivity index (χ1n) is 3.36. The van der Waals surface area contributed by atoms with Crippen LogP contribution in [-0.2, 0) is 11.8 Å². The molecule has 0 aliphatic carbocycles. The minimum Gasteiger partial charge on any atom is -0.383 e. The second-order valence-corrected chi connectivity index (χ2v) is 2.45. The summed E-state index contributed by atoms with van der Waals surface area (Å²) >= 11 is 0. The van der Waals surface area contributed by atoms with E-state index in [4.69, 9.17) is 5.73 Å². The smallest absolute Gasteiger partial charge is 0.230 e. The number of hydrogen-bond donors (Lipinski definition) is 1. The Hall–Kier alpha value is -1.65. The molecule has 0 atom stereocenters. The van der Waals surface area contributed by atoms with Gasteiger partial charge in [-0.1, -0.05) is 0 Å². The lowest BCUT2D eigenvalue weighted by molar-refractivity contribution is -0.104. The quantitative estimate of drug-likeness (QED) is 0.372. The first-order valence-corrected chi connectivity index (χ1v) is 3.36. The Morgan fingerprint density at radius 3 is 2.58 bits per heavy atom. The summed E-state index contributed by atoms with van der Waals surface area (Å²) in [5.74, 6) is -0.400. The van der Waals surface area contributed by atoms with Gasteiger partial charge in [-0.2, -0.15) is 5.10 Å². The summed E-state index contributed by atoms with van der Waals surface area (Å²) in [5.41, 5.74) is 6.18. The van der Waals surface area contributed by atoms with Crippen LogP contribution in [0.2, 0.25) is 0 Å². The molecule has 0 fully saturated rings. The van der Waals surface area contributed by atoms with Gasteiger partial charge < -0.3 is 5.73 Å². The van der Waals surface area contributed by atoms with Crippen LogP contribution < -0.4 is 5.73 Å². The largest absolute Gasteiger partial charge is 0.383 e. The molecule has 0 spiro atoms. The molecule has 1 rings (SSSR count). The predicted molar refractivity (Wildman–Crippen MR) is 42.8 cm³/mol. The van der Waals surface area contributed by atoms with Gasteiger partial charge in [0.1, 0.15) is 5.82 Å². The van der Waals surface area contributed by atoms with Gasteiger partial charge in [-0.3, -0.25) is 14.3 Å². The van der Waals surface area contributed by atoms with Crippen LogP contribution in [0.1, 0.15) is 16.1 Å². The number of nitrogens with two attached hydrogens (primary N) is 1. The molecule has 2 N–H and O–H groups in total. The van der Waals surface area contributed by atoms with Crippen LogP contribution in [0.15, 0.2) is 0 Å². The molecule has 5 nitrogen and oxygen atoms in total. The highest BCUT2D eigenvalue weighted by molar-refractivity contribution is 6.35. The van der Waals surface area contributed by atoms with Gasteiger partial charge in [0, 0.05) is 7.05 Å². The number of aldehydes is 1. The number of nitrogen functional groups attached to an aromatic ring is 1. The Labute approximate surface area is 69.2 Å². The molecule has 0 amide bonds. The second-order valence-electron chi connectivity index (χ2n) is 2.45. The Morgan fingerprint density at radius 1 is 1.67 bits per heavy atom. The number of Topliss-reactive ketones (excluding diaryl/α,β-unsaturated/α-hetero) is 1. The molecule has 1 heterocycles. The van der Waals surface area contributed by atoms with Crippen molar-refractivity contribution in [3.05, 3.63) is 11.3 Å². The highest BCUT2D eigenvalue weighted by Gasteiger charge is 2.16. The zero-order valence-electron chi connectivity index (χ0n) is 6.87. The highest BCUT2D eigenvalue weighted by atomic mass is 16.2. The van der Waals surface area contributed by atoms with E-state index in [1.807, 2.05) is 0 Å². The van der Waals surface area contributed by atoms with E-state index in [0.29, 0.717) is 5.69 Å². The van der Waals surface area contributed by atoms with E-state index in [1.54, 1.807) is 14.0 Å². The van der Waals surface area contributed by atoms with E-state index in [0.717, 1.165) is 0 Å². The van der Waals surface area contributed by atoms with Crippen molar-refractivity contribution in [2.75, 3.05) is 5.73 Å². The molecule has 64 valence electrons. The fourth-order valence-corrected chi connectivity index (χ4v) is 1.04. The summed E-state index contributed by atoms with van der Waals surface area (Å²) in [6.07, 6.45) is 0.236. The molecule has 0 aliphatic heterocycles. The first-order chi connectivity index (χ1) is 5.57. The van der Waals surface area contributed by atoms with Gasteiger partial charge in [-0.15, -0.1) is 0 Å². The molecule has 1 aromatic heterocycles. The number of hydrogen-bond acceptors (Lipinski definition) is 4. The number of nitrogens with zero attached hydrogens (tertiary/aromatic N) is 2. The van der Waals surface area contributed by atoms with Crippen molar-refractivity contribution < 1.29 is 9.59 Å². The van der Waals surface area contributed by atoms with Gasteiger partial charge >= 0.3 is 0 Å². The van der Waals surface area contributed by atoms with E-state index in [9.17, 15) is 9.59 Å². The maximum atomic E-state index is 11.0. The van der Waals surface area contributed by atoms with E-state index in [2.05, 4.69) is 5.10 Å². The summed E-state index contributed by atoms with van der Waals surface area (Å²) in [7, 11) is 1.61. The van der Waals surface area contributed by atoms with Crippen molar-refractivity contribution in [2.45, 2.75) is 6.92 Å². The fourth-order valence-electron chi connectivity index (χ4n) is 1.04. The second kappa shape index (κ2) is 2.77. The van der Waals surface area contributed by atoms with Gasteiger partial charge in [-0.05, 0) is 6.92 Å². The SMILES string of the molecule is Cc1nn(C)c(N)c1C(=O)C=O. The van der Waals surface area contributed by atoms with Crippen LogP contribution in [0.4, 0.5) is 5.82 Å². The lowest BCUT2D eigenvalue weighted by Crippen LogP contribution is -2.06. The van der Waals surface area contributed by atoms with Crippen LogP contribution in [-0.4, -0.2) is 21.8 Å². The molecule has 0 saturated heterocycles. The lowest BCUT2D eigenvalue weighted by atomic mass is 10.2. The van der Waals surface area contributed by atoms with Crippen molar-refractivity contribution in [3.8, 4) is 0 Å². The van der Waals surface area contributed by atoms with Crippen molar-refractivity contribution in [1.29, 1.82) is 0 Å². The average molecular weight is 167 g/mol. The van der Waals surface area contributed by atoms with Crippen molar-refractivity contribution in [1.82, 2.24) is 9.78 Å². The zero-order valence-corrected chi connectivity index (χ0v) is 6.87. The van der Waals surface area contributed by atoms with Crippen LogP contribution in [0.3, 0.4) is 0 Å². The van der Waals surface area contributed by atoms with Crippen LogP contribution in [0.25, 0.3) is 0 Å². The maximum Gasteiger partial charge on any atom is 0.230 e. The maximum absolute atomic E-state index is 11.0. The van der Waals surface area contributed by atoms with Crippen molar-refractivity contribution >= 4 is 17.9 Å². The molecule has 0 saturated carbocycles. The third-order valence-electron chi connectivity index (χ3n) is 1.62. The van der Waals surface area contributed by atoms with Gasteiger partial charge in [0.2, 0.25) is 5.78 Å². The van der Waals surface area contributed by atoms with E-state index in [1.165, 1.54) is 4.68 Å². The molecule has 0 bridgehead atoms. The van der Waals surface area contributed by atoms with Gasteiger partial charge in [0.15, 0.2) is 6.29 Å². The summed E-state index contributed by atoms with van der Waals surface area (Å²) in [5, 5.41) is 3.89. The Bertz CT molecular complexity index is 341. The minimum absolute atomic E-state index is 0.201. The number of carbonyl (C=O) groups excluding carboxylic acids is 2. The number of ketones is 1. The van der Waals surface area contributed by atoms with Crippen molar-refractivity contribution in [3.63, 3.8) is 0 Å². The molecular weight excluding hydrogens is 158 g/mol. The summed E-state index contributed by atoms with van der Waals surface area (Å²) < 4.78 is 1.37. The number of carbonyl (C=O) groups is 2. The van der Waals surface area contributed by atoms with Gasteiger partial charge in [-0.25, -0.2) is 0 Å². The first kappa shape index (κ1) is 8.45. The summed E-state index contributed by atoms with van der Waals surface area (Å²) in [4.78, 5) is 21.1. The molecule has 0 unspecified atom stereocenters. The predicted octanol–water partition coefficient (Wildman–Crippen LogP) is -0.308. The fraction of sp³-hybridized carbons (Fsp3) is 0.286. The molecule has 1 aromatic rings. The number of anilines is 1. The molecule has 12 heavy (non-hydrogen) atoms.